The predicted octanol–water partition coefficient (Wildman–Crippen LogP) is 3.45. The maximum Gasteiger partial charge on any atom is 0.258 e. The molecule has 0 aliphatic heterocycles. The number of rotatable bonds is 4. The van der Waals surface area contributed by atoms with Crippen molar-refractivity contribution in [1.82, 2.24) is 10.2 Å². The fraction of sp³-hybridized carbons (Fsp3) is 0. The highest BCUT2D eigenvalue weighted by Gasteiger charge is 2.07. The number of H-pyrrole nitrogens is 1. The SMILES string of the molecule is O=C(Nc1cccc(Oc2ccccc2)c1)c1cn[nH]c1. The lowest BCUT2D eigenvalue weighted by Crippen LogP contribution is -2.10. The van der Waals surface area contributed by atoms with Crippen molar-refractivity contribution in [3.8, 4) is 11.5 Å². The zero-order chi connectivity index (χ0) is 14.5. The normalized spacial score (nSPS) is 10.1. The number of aromatic nitrogens is 2. The van der Waals surface area contributed by atoms with Gasteiger partial charge in [0.15, 0.2) is 0 Å². The second-order valence-corrected chi connectivity index (χ2v) is 4.38. The lowest BCUT2D eigenvalue weighted by atomic mass is 10.2. The molecule has 3 aromatic rings. The Hall–Kier alpha value is -3.08. The molecule has 0 bridgehead atoms. The number of aromatic amines is 1. The molecule has 0 spiro atoms. The van der Waals surface area contributed by atoms with Crippen molar-refractivity contribution in [1.29, 1.82) is 0 Å². The maximum atomic E-state index is 11.9. The molecule has 2 aromatic carbocycles. The van der Waals surface area contributed by atoms with Crippen LogP contribution in [0.5, 0.6) is 11.5 Å². The van der Waals surface area contributed by atoms with E-state index in [1.807, 2.05) is 42.5 Å². The minimum atomic E-state index is -0.222. The number of benzene rings is 2. The summed E-state index contributed by atoms with van der Waals surface area (Å²) in [5.74, 6) is 1.18. The summed E-state index contributed by atoms with van der Waals surface area (Å²) in [4.78, 5) is 11.9. The Morgan fingerprint density at radius 1 is 1.05 bits per heavy atom. The second kappa shape index (κ2) is 5.92. The summed E-state index contributed by atoms with van der Waals surface area (Å²) in [6, 6.07) is 16.7. The standard InChI is InChI=1S/C16H13N3O2/c20-16(12-10-17-18-11-12)19-13-5-4-8-15(9-13)21-14-6-2-1-3-7-14/h1-11H,(H,17,18)(H,19,20). The highest BCUT2D eigenvalue weighted by molar-refractivity contribution is 6.03. The van der Waals surface area contributed by atoms with Gasteiger partial charge in [-0.3, -0.25) is 9.89 Å². The van der Waals surface area contributed by atoms with E-state index >= 15 is 0 Å². The van der Waals surface area contributed by atoms with Crippen molar-refractivity contribution in [2.75, 3.05) is 5.32 Å². The number of carbonyl (C=O) groups is 1. The summed E-state index contributed by atoms with van der Waals surface area (Å²) < 4.78 is 5.72. The molecule has 0 saturated heterocycles. The van der Waals surface area contributed by atoms with Crippen LogP contribution in [-0.2, 0) is 0 Å². The third-order valence-electron chi connectivity index (χ3n) is 2.83. The smallest absolute Gasteiger partial charge is 0.258 e. The molecule has 0 fully saturated rings. The van der Waals surface area contributed by atoms with Crippen LogP contribution in [0.4, 0.5) is 5.69 Å². The molecule has 1 amide bonds. The Balaban J connectivity index is 1.73. The van der Waals surface area contributed by atoms with Gasteiger partial charge in [-0.05, 0) is 24.3 Å². The van der Waals surface area contributed by atoms with Crippen LogP contribution < -0.4 is 10.1 Å². The van der Waals surface area contributed by atoms with Crippen LogP contribution in [0.15, 0.2) is 67.0 Å². The van der Waals surface area contributed by atoms with E-state index in [1.165, 1.54) is 6.20 Å². The molecule has 5 heteroatoms. The Morgan fingerprint density at radius 3 is 2.62 bits per heavy atom. The fourth-order valence-electron chi connectivity index (χ4n) is 1.84. The van der Waals surface area contributed by atoms with Crippen LogP contribution in [0.3, 0.4) is 0 Å². The van der Waals surface area contributed by atoms with Gasteiger partial charge in [-0.15, -0.1) is 0 Å². The predicted molar refractivity (Wildman–Crippen MR) is 79.5 cm³/mol. The molecule has 0 aliphatic carbocycles. The van der Waals surface area contributed by atoms with Gasteiger partial charge in [-0.1, -0.05) is 24.3 Å². The van der Waals surface area contributed by atoms with Gasteiger partial charge in [0.25, 0.3) is 5.91 Å². The summed E-state index contributed by atoms with van der Waals surface area (Å²) in [5, 5.41) is 9.14. The molecule has 0 unspecified atom stereocenters. The number of nitrogens with zero attached hydrogens (tertiary/aromatic N) is 1. The van der Waals surface area contributed by atoms with Crippen molar-refractivity contribution in [3.63, 3.8) is 0 Å². The van der Waals surface area contributed by atoms with E-state index in [0.29, 0.717) is 17.0 Å². The van der Waals surface area contributed by atoms with E-state index in [4.69, 9.17) is 4.74 Å². The average Bonchev–Trinajstić information content (AvgIpc) is 3.03. The summed E-state index contributed by atoms with van der Waals surface area (Å²) in [5.41, 5.74) is 1.14. The molecule has 3 rings (SSSR count). The molecule has 2 N–H and O–H groups in total. The molecule has 0 radical (unpaired) electrons. The number of anilines is 1. The number of amides is 1. The van der Waals surface area contributed by atoms with Gasteiger partial charge in [0.1, 0.15) is 11.5 Å². The fourth-order valence-corrected chi connectivity index (χ4v) is 1.84. The van der Waals surface area contributed by atoms with E-state index in [-0.39, 0.29) is 5.91 Å². The lowest BCUT2D eigenvalue weighted by molar-refractivity contribution is 0.102. The first-order valence-corrected chi connectivity index (χ1v) is 6.44. The van der Waals surface area contributed by atoms with Gasteiger partial charge in [0.2, 0.25) is 0 Å². The molecule has 0 saturated carbocycles. The van der Waals surface area contributed by atoms with Crippen molar-refractivity contribution < 1.29 is 9.53 Å². The zero-order valence-electron chi connectivity index (χ0n) is 11.1. The molecule has 5 nitrogen and oxygen atoms in total. The number of hydrogen-bond donors (Lipinski definition) is 2. The largest absolute Gasteiger partial charge is 0.457 e. The van der Waals surface area contributed by atoms with Crippen LogP contribution in [0.25, 0.3) is 0 Å². The number of hydrogen-bond acceptors (Lipinski definition) is 3. The second-order valence-electron chi connectivity index (χ2n) is 4.38. The van der Waals surface area contributed by atoms with Gasteiger partial charge in [-0.25, -0.2) is 0 Å². The maximum absolute atomic E-state index is 11.9. The molecule has 0 aliphatic rings. The molecule has 1 heterocycles. The van der Waals surface area contributed by atoms with Crippen LogP contribution in [0.1, 0.15) is 10.4 Å². The highest BCUT2D eigenvalue weighted by Crippen LogP contribution is 2.24. The number of para-hydroxylation sites is 1. The molecule has 21 heavy (non-hydrogen) atoms. The minimum absolute atomic E-state index is 0.222. The van der Waals surface area contributed by atoms with E-state index in [2.05, 4.69) is 15.5 Å². The number of ether oxygens (including phenoxy) is 1. The molecular formula is C16H13N3O2. The Morgan fingerprint density at radius 2 is 1.86 bits per heavy atom. The van der Waals surface area contributed by atoms with Crippen LogP contribution >= 0.6 is 0 Å². The topological polar surface area (TPSA) is 67.0 Å². The van der Waals surface area contributed by atoms with Gasteiger partial charge in [0.05, 0.1) is 11.8 Å². The minimum Gasteiger partial charge on any atom is -0.457 e. The monoisotopic (exact) mass is 279 g/mol. The Bertz CT molecular complexity index is 724. The molecule has 1 aromatic heterocycles. The lowest BCUT2D eigenvalue weighted by Gasteiger charge is -2.08. The average molecular weight is 279 g/mol. The van der Waals surface area contributed by atoms with Crippen molar-refractivity contribution in [3.05, 3.63) is 72.6 Å². The molecule has 104 valence electrons. The Labute approximate surface area is 121 Å². The molecule has 0 atom stereocenters. The van der Waals surface area contributed by atoms with E-state index in [1.54, 1.807) is 18.3 Å². The van der Waals surface area contributed by atoms with Gasteiger partial charge < -0.3 is 10.1 Å². The summed E-state index contributed by atoms with van der Waals surface area (Å²) in [6.07, 6.45) is 3.01. The summed E-state index contributed by atoms with van der Waals surface area (Å²) in [7, 11) is 0. The van der Waals surface area contributed by atoms with Gasteiger partial charge >= 0.3 is 0 Å². The first-order valence-electron chi connectivity index (χ1n) is 6.44. The molecular weight excluding hydrogens is 266 g/mol. The number of nitrogens with one attached hydrogen (secondary N) is 2. The van der Waals surface area contributed by atoms with Crippen LogP contribution in [-0.4, -0.2) is 16.1 Å². The van der Waals surface area contributed by atoms with Crippen LogP contribution in [0, 0.1) is 0 Å². The van der Waals surface area contributed by atoms with E-state index in [0.717, 1.165) is 5.75 Å². The quantitative estimate of drug-likeness (QED) is 0.768. The van der Waals surface area contributed by atoms with Crippen molar-refractivity contribution in [2.24, 2.45) is 0 Å². The Kier molecular flexibility index (Phi) is 3.64. The van der Waals surface area contributed by atoms with Gasteiger partial charge in [0, 0.05) is 18.0 Å². The highest BCUT2D eigenvalue weighted by atomic mass is 16.5. The van der Waals surface area contributed by atoms with Crippen LogP contribution in [0.2, 0.25) is 0 Å². The third kappa shape index (κ3) is 3.27. The summed E-state index contributed by atoms with van der Waals surface area (Å²) in [6.45, 7) is 0. The van der Waals surface area contributed by atoms with E-state index in [9.17, 15) is 4.79 Å². The third-order valence-corrected chi connectivity index (χ3v) is 2.83. The number of carbonyl (C=O) groups excluding carboxylic acids is 1. The summed E-state index contributed by atoms with van der Waals surface area (Å²) >= 11 is 0. The van der Waals surface area contributed by atoms with Crippen molar-refractivity contribution in [2.45, 2.75) is 0 Å². The van der Waals surface area contributed by atoms with Gasteiger partial charge in [-0.2, -0.15) is 5.10 Å². The zero-order valence-corrected chi connectivity index (χ0v) is 11.1. The van der Waals surface area contributed by atoms with E-state index < -0.39 is 0 Å². The van der Waals surface area contributed by atoms with Crippen molar-refractivity contribution >= 4 is 11.6 Å². The first-order chi connectivity index (χ1) is 10.3. The first kappa shape index (κ1) is 12.9.